The summed E-state index contributed by atoms with van der Waals surface area (Å²) in [6.07, 6.45) is 7.99. The van der Waals surface area contributed by atoms with Crippen molar-refractivity contribution >= 4 is 43.6 Å². The Labute approximate surface area is 478 Å². The fraction of sp³-hybridized carbons (Fsp3) is 0.0390. The summed E-state index contributed by atoms with van der Waals surface area (Å²) in [7, 11) is 0. The van der Waals surface area contributed by atoms with Gasteiger partial charge in [-0.15, -0.1) is 0 Å². The molecule has 0 bridgehead atoms. The third kappa shape index (κ3) is 5.40. The molecule has 6 heterocycles. The first-order valence-electron chi connectivity index (χ1n) is 28.6. The van der Waals surface area contributed by atoms with Crippen LogP contribution in [0, 0.1) is 0 Å². The molecular weight excluding hydrogens is 1010 g/mol. The summed E-state index contributed by atoms with van der Waals surface area (Å²) in [6.45, 7) is 0. The zero-order valence-electron chi connectivity index (χ0n) is 44.7. The Morgan fingerprint density at radius 1 is 0.241 bits per heavy atom. The molecule has 9 aromatic carbocycles. The average molecular weight is 1060 g/mol. The summed E-state index contributed by atoms with van der Waals surface area (Å²) in [5.41, 5.74) is 24.0. The summed E-state index contributed by atoms with van der Waals surface area (Å²) in [5.74, 6) is 0. The standard InChI is InChI=1S/C77H46N6/c1-3-21-47(22-4-1)75(48-23-5-2-6-24-48)58-31-13-14-32-59(58)77(63-43-56-51-25-7-12-30-57(51)76(62(56)44-64(63)75)60-33-19-39-78-71(60)72-61(76)34-20-40-79-72)65-41-49(82-67-35-15-8-26-52(67)53-27-9-16-36-68(53)82)45-80-73(65)74-66(77)42-50(46-81-74)83-69-37-17-10-28-54(69)55-29-11-18-38-70(55)83/h1-46H. The Bertz CT molecular complexity index is 4950. The quantitative estimate of drug-likeness (QED) is 0.176. The van der Waals surface area contributed by atoms with Gasteiger partial charge in [-0.05, 0) is 121 Å². The minimum absolute atomic E-state index is 0.723. The third-order valence-corrected chi connectivity index (χ3v) is 19.2. The van der Waals surface area contributed by atoms with Gasteiger partial charge in [-0.1, -0.05) is 200 Å². The van der Waals surface area contributed by atoms with Crippen LogP contribution in [0.25, 0.3) is 88.9 Å². The maximum absolute atomic E-state index is 5.72. The summed E-state index contributed by atoms with van der Waals surface area (Å²) in [6, 6.07) is 95.0. The van der Waals surface area contributed by atoms with Crippen LogP contribution in [0.15, 0.2) is 280 Å². The molecule has 0 N–H and O–H groups in total. The molecule has 0 saturated heterocycles. The van der Waals surface area contributed by atoms with Crippen molar-refractivity contribution in [2.75, 3.05) is 0 Å². The normalized spacial score (nSPS) is 14.8. The minimum atomic E-state index is -0.985. The molecule has 0 fully saturated rings. The van der Waals surface area contributed by atoms with Gasteiger partial charge in [-0.2, -0.15) is 0 Å². The second-order valence-corrected chi connectivity index (χ2v) is 22.7. The van der Waals surface area contributed by atoms with E-state index in [9.17, 15) is 0 Å². The molecule has 0 unspecified atom stereocenters. The van der Waals surface area contributed by atoms with Gasteiger partial charge in [0.2, 0.25) is 0 Å². The van der Waals surface area contributed by atoms with E-state index in [2.05, 4.69) is 276 Å². The molecule has 83 heavy (non-hydrogen) atoms. The Morgan fingerprint density at radius 3 is 1.11 bits per heavy atom. The van der Waals surface area contributed by atoms with E-state index in [-0.39, 0.29) is 0 Å². The van der Waals surface area contributed by atoms with Gasteiger partial charge in [0.05, 0.1) is 84.9 Å². The van der Waals surface area contributed by atoms with E-state index in [0.717, 1.165) is 78.5 Å². The van der Waals surface area contributed by atoms with Crippen LogP contribution in [0.5, 0.6) is 0 Å². The number of nitrogens with zero attached hydrogens (tertiary/aromatic N) is 6. The highest BCUT2D eigenvalue weighted by Gasteiger charge is 2.61. The highest BCUT2D eigenvalue weighted by molar-refractivity contribution is 6.10. The molecule has 0 radical (unpaired) electrons. The zero-order chi connectivity index (χ0) is 54.2. The van der Waals surface area contributed by atoms with E-state index in [0.29, 0.717) is 0 Å². The van der Waals surface area contributed by atoms with Crippen LogP contribution in [-0.4, -0.2) is 29.1 Å². The topological polar surface area (TPSA) is 61.4 Å². The van der Waals surface area contributed by atoms with Crippen molar-refractivity contribution in [2.24, 2.45) is 0 Å². The third-order valence-electron chi connectivity index (χ3n) is 19.2. The van der Waals surface area contributed by atoms with Crippen molar-refractivity contribution in [3.05, 3.63) is 346 Å². The first-order chi connectivity index (χ1) is 41.2. The molecule has 6 nitrogen and oxygen atoms in total. The van der Waals surface area contributed by atoms with Crippen LogP contribution in [0.1, 0.15) is 66.8 Å². The molecule has 0 amide bonds. The van der Waals surface area contributed by atoms with Crippen molar-refractivity contribution in [2.45, 2.75) is 16.2 Å². The Kier molecular flexibility index (Phi) is 8.77. The largest absolute Gasteiger partial charge is 0.308 e. The van der Waals surface area contributed by atoms with E-state index in [1.165, 1.54) is 77.2 Å². The van der Waals surface area contributed by atoms with Crippen LogP contribution in [0.4, 0.5) is 0 Å². The maximum atomic E-state index is 5.72. The van der Waals surface area contributed by atoms with Gasteiger partial charge in [-0.25, -0.2) is 0 Å². The van der Waals surface area contributed by atoms with Crippen molar-refractivity contribution in [1.29, 1.82) is 0 Å². The first kappa shape index (κ1) is 45.0. The van der Waals surface area contributed by atoms with Gasteiger partial charge in [0.15, 0.2) is 0 Å². The highest BCUT2D eigenvalue weighted by Crippen LogP contribution is 2.68. The van der Waals surface area contributed by atoms with Crippen molar-refractivity contribution in [3.8, 4) is 45.3 Å². The number of aromatic nitrogens is 6. The predicted molar refractivity (Wildman–Crippen MR) is 332 cm³/mol. The molecular formula is C77H46N6. The number of benzene rings is 9. The van der Waals surface area contributed by atoms with Gasteiger partial charge >= 0.3 is 0 Å². The minimum Gasteiger partial charge on any atom is -0.308 e. The molecule has 4 aliphatic carbocycles. The number of hydrogen-bond donors (Lipinski definition) is 0. The molecule has 0 saturated carbocycles. The second-order valence-electron chi connectivity index (χ2n) is 22.7. The Balaban J connectivity index is 1.02. The average Bonchev–Trinajstić information content (AvgIpc) is 1.64. The summed E-state index contributed by atoms with van der Waals surface area (Å²) < 4.78 is 4.83. The molecule has 384 valence electrons. The van der Waals surface area contributed by atoms with Crippen LogP contribution in [0.2, 0.25) is 0 Å². The van der Waals surface area contributed by atoms with Gasteiger partial charge in [-0.3, -0.25) is 19.9 Å². The lowest BCUT2D eigenvalue weighted by atomic mass is 9.51. The van der Waals surface area contributed by atoms with E-state index >= 15 is 0 Å². The van der Waals surface area contributed by atoms with Crippen molar-refractivity contribution in [1.82, 2.24) is 29.1 Å². The van der Waals surface area contributed by atoms with E-state index < -0.39 is 16.2 Å². The molecule has 2 spiro atoms. The zero-order valence-corrected chi connectivity index (χ0v) is 44.7. The lowest BCUT2D eigenvalue weighted by molar-refractivity contribution is 0.619. The number of pyridine rings is 4. The molecule has 0 atom stereocenters. The second kappa shape index (κ2) is 16.2. The number of rotatable bonds is 4. The summed E-state index contributed by atoms with van der Waals surface area (Å²) in [5, 5.41) is 4.80. The number of fused-ring (bicyclic) bond motifs is 25. The molecule has 4 aliphatic rings. The fourth-order valence-electron chi connectivity index (χ4n) is 16.3. The van der Waals surface area contributed by atoms with Crippen molar-refractivity contribution < 1.29 is 0 Å². The summed E-state index contributed by atoms with van der Waals surface area (Å²) >= 11 is 0. The van der Waals surface area contributed by atoms with Gasteiger partial charge in [0.1, 0.15) is 0 Å². The van der Waals surface area contributed by atoms with Gasteiger partial charge < -0.3 is 9.13 Å². The monoisotopic (exact) mass is 1050 g/mol. The molecule has 19 rings (SSSR count). The molecule has 6 aromatic heterocycles. The summed E-state index contributed by atoms with van der Waals surface area (Å²) in [4.78, 5) is 21.8. The predicted octanol–water partition coefficient (Wildman–Crippen LogP) is 16.9. The SMILES string of the molecule is c1ccc(C2(c3ccccc3)c3ccccc3C3(c4cc5c(cc42)C2(c4ccccc4-5)c4cccnc4-c4ncccc42)c2cc(-n4c5ccccc5c5ccccc54)cnc2-c2ncc(-n4c5ccccc5c5ccccc54)cc23)cc1. The van der Waals surface area contributed by atoms with Crippen LogP contribution >= 0.6 is 0 Å². The molecule has 15 aromatic rings. The molecule has 6 heteroatoms. The smallest absolute Gasteiger partial charge is 0.0939 e. The van der Waals surface area contributed by atoms with E-state index in [1.807, 2.05) is 12.4 Å². The van der Waals surface area contributed by atoms with Crippen molar-refractivity contribution in [3.63, 3.8) is 0 Å². The van der Waals surface area contributed by atoms with Crippen LogP contribution in [0.3, 0.4) is 0 Å². The Morgan fingerprint density at radius 2 is 0.614 bits per heavy atom. The first-order valence-corrected chi connectivity index (χ1v) is 28.6. The molecule has 0 aliphatic heterocycles. The van der Waals surface area contributed by atoms with Crippen LogP contribution in [-0.2, 0) is 16.2 Å². The lowest BCUT2D eigenvalue weighted by Crippen LogP contribution is -2.45. The number of hydrogen-bond acceptors (Lipinski definition) is 4. The maximum Gasteiger partial charge on any atom is 0.0939 e. The fourth-order valence-corrected chi connectivity index (χ4v) is 16.3. The highest BCUT2D eigenvalue weighted by atomic mass is 15.0. The number of para-hydroxylation sites is 4. The van der Waals surface area contributed by atoms with Gasteiger partial charge in [0, 0.05) is 45.1 Å². The lowest BCUT2D eigenvalue weighted by Gasteiger charge is -2.50. The van der Waals surface area contributed by atoms with E-state index in [1.54, 1.807) is 0 Å². The van der Waals surface area contributed by atoms with Gasteiger partial charge in [0.25, 0.3) is 0 Å². The Hall–Kier alpha value is -10.8. The van der Waals surface area contributed by atoms with E-state index in [4.69, 9.17) is 19.9 Å². The van der Waals surface area contributed by atoms with Crippen LogP contribution < -0.4 is 0 Å².